The topological polar surface area (TPSA) is 86.8 Å². The van der Waals surface area contributed by atoms with Crippen LogP contribution in [0.5, 0.6) is 0 Å². The van der Waals surface area contributed by atoms with Gasteiger partial charge >= 0.3 is 17.8 Å². The van der Waals surface area contributed by atoms with E-state index < -0.39 is 30.3 Å². The number of carbonyl (C=O) groups is 4. The first-order chi connectivity index (χ1) is 14.0. The summed E-state index contributed by atoms with van der Waals surface area (Å²) in [6, 6.07) is 10.9. The minimum atomic E-state index is -0.944. The Kier molecular flexibility index (Phi) is 5.44. The van der Waals surface area contributed by atoms with E-state index in [0.717, 1.165) is 39.5 Å². The van der Waals surface area contributed by atoms with Crippen LogP contribution >= 0.6 is 11.3 Å². The number of amides is 5. The van der Waals surface area contributed by atoms with Gasteiger partial charge in [0.25, 0.3) is 0 Å². The van der Waals surface area contributed by atoms with Crippen molar-refractivity contribution >= 4 is 35.1 Å². The summed E-state index contributed by atoms with van der Waals surface area (Å²) < 4.78 is 0. The predicted molar refractivity (Wildman–Crippen MR) is 107 cm³/mol. The molecular weight excluding hydrogens is 390 g/mol. The van der Waals surface area contributed by atoms with Crippen molar-refractivity contribution in [2.75, 3.05) is 13.1 Å². The molecule has 1 aliphatic carbocycles. The van der Waals surface area contributed by atoms with Crippen LogP contribution in [0.25, 0.3) is 0 Å². The molecule has 1 fully saturated rings. The number of aryl methyl sites for hydroxylation is 1. The zero-order chi connectivity index (χ0) is 20.4. The van der Waals surface area contributed by atoms with Crippen molar-refractivity contribution in [3.8, 4) is 0 Å². The van der Waals surface area contributed by atoms with Crippen LogP contribution in [0.3, 0.4) is 0 Å². The molecule has 0 spiro atoms. The molecule has 2 heterocycles. The van der Waals surface area contributed by atoms with Gasteiger partial charge in [0.05, 0.1) is 6.04 Å². The summed E-state index contributed by atoms with van der Waals surface area (Å²) in [6.07, 6.45) is 3.22. The molecule has 29 heavy (non-hydrogen) atoms. The number of hydrogen-bond acceptors (Lipinski definition) is 5. The third-order valence-electron chi connectivity index (χ3n) is 5.30. The Morgan fingerprint density at radius 2 is 1.86 bits per heavy atom. The van der Waals surface area contributed by atoms with Crippen molar-refractivity contribution in [1.82, 2.24) is 15.1 Å². The van der Waals surface area contributed by atoms with E-state index in [-0.39, 0.29) is 12.6 Å². The van der Waals surface area contributed by atoms with Crippen LogP contribution in [-0.2, 0) is 27.2 Å². The number of imide groups is 2. The fraction of sp³-hybridized carbons (Fsp3) is 0.333. The molecule has 2 aliphatic rings. The Morgan fingerprint density at radius 1 is 1.07 bits per heavy atom. The Labute approximate surface area is 172 Å². The van der Waals surface area contributed by atoms with Crippen LogP contribution in [0.4, 0.5) is 4.79 Å². The maximum Gasteiger partial charge on any atom is 0.334 e. The minimum absolute atomic E-state index is 0.123. The summed E-state index contributed by atoms with van der Waals surface area (Å²) in [7, 11) is 0. The molecule has 8 heteroatoms. The summed E-state index contributed by atoms with van der Waals surface area (Å²) in [5.74, 6) is -2.26. The molecule has 0 saturated carbocycles. The molecule has 150 valence electrons. The number of fused-ring (bicyclic) bond motifs is 1. The highest BCUT2D eigenvalue weighted by molar-refractivity contribution is 7.09. The second kappa shape index (κ2) is 8.16. The van der Waals surface area contributed by atoms with E-state index in [2.05, 4.69) is 5.32 Å². The maximum atomic E-state index is 12.5. The van der Waals surface area contributed by atoms with E-state index in [1.807, 2.05) is 41.8 Å². The van der Waals surface area contributed by atoms with E-state index in [4.69, 9.17) is 0 Å². The number of benzene rings is 1. The first-order valence-corrected chi connectivity index (χ1v) is 10.5. The van der Waals surface area contributed by atoms with Gasteiger partial charge in [0, 0.05) is 17.8 Å². The normalized spacial score (nSPS) is 18.9. The van der Waals surface area contributed by atoms with Gasteiger partial charge in [0.15, 0.2) is 0 Å². The van der Waals surface area contributed by atoms with E-state index in [9.17, 15) is 19.2 Å². The van der Waals surface area contributed by atoms with Crippen molar-refractivity contribution in [3.05, 3.63) is 57.8 Å². The molecule has 1 aromatic carbocycles. The lowest BCUT2D eigenvalue weighted by Crippen LogP contribution is -2.43. The van der Waals surface area contributed by atoms with Gasteiger partial charge in [-0.2, -0.15) is 0 Å². The fourth-order valence-electron chi connectivity index (χ4n) is 3.85. The molecule has 0 radical (unpaired) electrons. The third-order valence-corrected chi connectivity index (χ3v) is 6.24. The van der Waals surface area contributed by atoms with Crippen molar-refractivity contribution in [1.29, 1.82) is 0 Å². The highest BCUT2D eigenvalue weighted by Gasteiger charge is 2.45. The van der Waals surface area contributed by atoms with Crippen LogP contribution in [0.15, 0.2) is 41.8 Å². The van der Waals surface area contributed by atoms with Gasteiger partial charge in [0.2, 0.25) is 5.91 Å². The Bertz CT molecular complexity index is 957. The number of hydrogen-bond donors (Lipinski definition) is 1. The van der Waals surface area contributed by atoms with Crippen LogP contribution in [0.1, 0.15) is 34.9 Å². The van der Waals surface area contributed by atoms with Crippen molar-refractivity contribution in [2.45, 2.75) is 31.7 Å². The maximum absolute atomic E-state index is 12.5. The highest BCUT2D eigenvalue weighted by Crippen LogP contribution is 2.29. The molecule has 1 saturated heterocycles. The largest absolute Gasteiger partial charge is 0.348 e. The number of rotatable bonds is 6. The Hall–Kier alpha value is -3.00. The first-order valence-electron chi connectivity index (χ1n) is 9.61. The molecule has 4 rings (SSSR count). The van der Waals surface area contributed by atoms with Crippen molar-refractivity contribution in [2.24, 2.45) is 0 Å². The van der Waals surface area contributed by atoms with E-state index in [1.165, 1.54) is 16.9 Å². The lowest BCUT2D eigenvalue weighted by Gasteiger charge is -2.27. The number of urea groups is 1. The van der Waals surface area contributed by atoms with Crippen molar-refractivity contribution < 1.29 is 19.2 Å². The molecule has 1 aromatic heterocycles. The van der Waals surface area contributed by atoms with Gasteiger partial charge < -0.3 is 5.32 Å². The van der Waals surface area contributed by atoms with Crippen LogP contribution in [0.2, 0.25) is 0 Å². The monoisotopic (exact) mass is 411 g/mol. The van der Waals surface area contributed by atoms with Crippen LogP contribution in [-0.4, -0.2) is 46.6 Å². The lowest BCUT2D eigenvalue weighted by molar-refractivity contribution is -0.144. The van der Waals surface area contributed by atoms with E-state index >= 15 is 0 Å². The number of thiophene rings is 1. The summed E-state index contributed by atoms with van der Waals surface area (Å²) in [4.78, 5) is 52.2. The molecule has 5 amide bonds. The highest BCUT2D eigenvalue weighted by atomic mass is 32.1. The zero-order valence-corrected chi connectivity index (χ0v) is 16.6. The summed E-state index contributed by atoms with van der Waals surface area (Å²) in [5, 5.41) is 4.82. The average Bonchev–Trinajstić information content (AvgIpc) is 3.31. The molecule has 1 atom stereocenters. The smallest absolute Gasteiger partial charge is 0.334 e. The van der Waals surface area contributed by atoms with E-state index in [1.54, 1.807) is 0 Å². The minimum Gasteiger partial charge on any atom is -0.348 e. The summed E-state index contributed by atoms with van der Waals surface area (Å²) in [5.41, 5.74) is 2.27. The zero-order valence-electron chi connectivity index (χ0n) is 15.8. The SMILES string of the molecule is O=C(CN1C(=O)C(=O)N(CCc2cccs2)C1=O)N[C@H]1CCCc2ccccc21. The predicted octanol–water partition coefficient (Wildman–Crippen LogP) is 2.28. The molecule has 2 aromatic rings. The van der Waals surface area contributed by atoms with Gasteiger partial charge in [-0.05, 0) is 41.8 Å². The van der Waals surface area contributed by atoms with Gasteiger partial charge in [-0.3, -0.25) is 19.3 Å². The molecule has 7 nitrogen and oxygen atoms in total. The summed E-state index contributed by atoms with van der Waals surface area (Å²) >= 11 is 1.52. The Morgan fingerprint density at radius 3 is 2.66 bits per heavy atom. The fourth-order valence-corrected chi connectivity index (χ4v) is 4.55. The van der Waals surface area contributed by atoms with Crippen LogP contribution in [0, 0.1) is 0 Å². The first kappa shape index (κ1) is 19.3. The second-order valence-corrected chi connectivity index (χ2v) is 8.20. The number of carbonyl (C=O) groups excluding carboxylic acids is 4. The van der Waals surface area contributed by atoms with Gasteiger partial charge in [0.1, 0.15) is 6.54 Å². The van der Waals surface area contributed by atoms with Gasteiger partial charge in [-0.25, -0.2) is 9.69 Å². The lowest BCUT2D eigenvalue weighted by atomic mass is 9.88. The van der Waals surface area contributed by atoms with Gasteiger partial charge in [-0.15, -0.1) is 11.3 Å². The van der Waals surface area contributed by atoms with E-state index in [0.29, 0.717) is 6.42 Å². The number of nitrogens with zero attached hydrogens (tertiary/aromatic N) is 2. The molecule has 0 unspecified atom stereocenters. The standard InChI is InChI=1S/C21H21N3O4S/c25-18(22-17-9-3-6-14-5-1-2-8-16(14)17)13-24-20(27)19(26)23(21(24)28)11-10-15-7-4-12-29-15/h1-2,4-5,7-8,12,17H,3,6,9-11,13H2,(H,22,25)/t17-/m0/s1. The molecule has 0 bridgehead atoms. The Balaban J connectivity index is 1.38. The summed E-state index contributed by atoms with van der Waals surface area (Å²) in [6.45, 7) is -0.324. The second-order valence-electron chi connectivity index (χ2n) is 7.17. The quantitative estimate of drug-likeness (QED) is 0.584. The molecule has 1 aliphatic heterocycles. The van der Waals surface area contributed by atoms with Crippen molar-refractivity contribution in [3.63, 3.8) is 0 Å². The number of nitrogens with one attached hydrogen (secondary N) is 1. The average molecular weight is 411 g/mol. The van der Waals surface area contributed by atoms with Gasteiger partial charge in [-0.1, -0.05) is 30.3 Å². The third kappa shape index (κ3) is 3.93. The molecular formula is C21H21N3O4S. The molecule has 1 N–H and O–H groups in total. The van der Waals surface area contributed by atoms with Crippen LogP contribution < -0.4 is 5.32 Å².